The normalized spacial score (nSPS) is 15.9. The van der Waals surface area contributed by atoms with E-state index in [0.29, 0.717) is 0 Å². The smallest absolute Gasteiger partial charge is 0.489 e. The van der Waals surface area contributed by atoms with Crippen LogP contribution in [-0.2, 0) is 29.7 Å². The Labute approximate surface area is 246 Å². The Balaban J connectivity index is 0.000000541. The maximum atomic E-state index is 11.9. The lowest BCUT2D eigenvalue weighted by molar-refractivity contribution is -0.192. The number of carboxylic acid groups (broad SMARTS) is 2. The Morgan fingerprint density at radius 1 is 1.09 bits per heavy atom. The van der Waals surface area contributed by atoms with Crippen LogP contribution in [0.4, 0.5) is 13.2 Å². The first-order valence-corrected chi connectivity index (χ1v) is 13.6. The van der Waals surface area contributed by atoms with E-state index in [4.69, 9.17) is 14.6 Å². The first-order valence-electron chi connectivity index (χ1n) is 13.6. The van der Waals surface area contributed by atoms with Gasteiger partial charge in [0.1, 0.15) is 17.4 Å². The molecule has 0 spiro atoms. The van der Waals surface area contributed by atoms with E-state index in [1.807, 2.05) is 38.2 Å². The number of aliphatic carboxylic acids is 2. The van der Waals surface area contributed by atoms with Crippen LogP contribution >= 0.6 is 0 Å². The third kappa shape index (κ3) is 7.50. The van der Waals surface area contributed by atoms with E-state index < -0.39 is 18.1 Å². The molecule has 2 heterocycles. The van der Waals surface area contributed by atoms with Crippen LogP contribution in [0.1, 0.15) is 52.6 Å². The van der Waals surface area contributed by atoms with Crippen molar-refractivity contribution >= 4 is 23.0 Å². The fourth-order valence-electron chi connectivity index (χ4n) is 5.32. The molecular formula is C31H33F3N4O5. The molecule has 4 aromatic rings. The van der Waals surface area contributed by atoms with Crippen molar-refractivity contribution < 1.29 is 37.7 Å². The van der Waals surface area contributed by atoms with Gasteiger partial charge in [0.2, 0.25) is 0 Å². The molecule has 0 amide bonds. The van der Waals surface area contributed by atoms with Gasteiger partial charge in [-0.15, -0.1) is 5.10 Å². The highest BCUT2D eigenvalue weighted by Crippen LogP contribution is 2.35. The van der Waals surface area contributed by atoms with Crippen LogP contribution in [0.2, 0.25) is 0 Å². The molecule has 2 unspecified atom stereocenters. The number of carboxylic acids is 2. The minimum absolute atomic E-state index is 0.0110. The maximum absolute atomic E-state index is 11.9. The quantitative estimate of drug-likeness (QED) is 0.294. The van der Waals surface area contributed by atoms with Gasteiger partial charge < -0.3 is 14.9 Å². The molecule has 0 aliphatic carbocycles. The molecule has 0 saturated heterocycles. The van der Waals surface area contributed by atoms with Crippen LogP contribution in [0.15, 0.2) is 54.6 Å². The number of carbonyl (C=O) groups is 2. The van der Waals surface area contributed by atoms with Crippen LogP contribution < -0.4 is 4.74 Å². The first-order chi connectivity index (χ1) is 20.2. The average Bonchev–Trinajstić information content (AvgIpc) is 3.22. The topological polar surface area (TPSA) is 118 Å². The summed E-state index contributed by atoms with van der Waals surface area (Å²) in [5.41, 5.74) is 8.29. The van der Waals surface area contributed by atoms with E-state index >= 15 is 0 Å². The molecule has 228 valence electrons. The lowest BCUT2D eigenvalue weighted by Gasteiger charge is -2.24. The largest absolute Gasteiger partial charge is 0.490 e. The predicted octanol–water partition coefficient (Wildman–Crippen LogP) is 5.61. The second-order valence-corrected chi connectivity index (χ2v) is 10.7. The van der Waals surface area contributed by atoms with Gasteiger partial charge in [0.05, 0.1) is 11.9 Å². The van der Waals surface area contributed by atoms with Gasteiger partial charge in [-0.25, -0.2) is 9.48 Å². The van der Waals surface area contributed by atoms with Crippen molar-refractivity contribution in [3.05, 3.63) is 88.0 Å². The second kappa shape index (κ2) is 12.8. The summed E-state index contributed by atoms with van der Waals surface area (Å²) in [6.07, 6.45) is -4.99. The van der Waals surface area contributed by atoms with Gasteiger partial charge >= 0.3 is 18.1 Å². The van der Waals surface area contributed by atoms with Gasteiger partial charge in [0.25, 0.3) is 0 Å². The summed E-state index contributed by atoms with van der Waals surface area (Å²) in [6, 6.07) is 18.6. The number of aryl methyl sites for hydroxylation is 3. The number of para-hydroxylation sites is 1. The summed E-state index contributed by atoms with van der Waals surface area (Å²) in [6.45, 7) is 8.63. The number of rotatable bonds is 6. The van der Waals surface area contributed by atoms with E-state index in [9.17, 15) is 23.1 Å². The zero-order valence-corrected chi connectivity index (χ0v) is 24.2. The SMILES string of the molecule is Cc1ccc(C(CC(=O)O)c2ccc3c(nnn3C)c2C)cc1CN1Cc2ccccc2OC(C)C1.O=C(O)C(F)(F)F. The van der Waals surface area contributed by atoms with Crippen LogP contribution in [0, 0.1) is 13.8 Å². The summed E-state index contributed by atoms with van der Waals surface area (Å²) in [5.74, 6) is -2.90. The molecule has 0 fully saturated rings. The predicted molar refractivity (Wildman–Crippen MR) is 153 cm³/mol. The number of hydrogen-bond donors (Lipinski definition) is 2. The van der Waals surface area contributed by atoms with E-state index in [1.165, 1.54) is 16.7 Å². The van der Waals surface area contributed by atoms with Crippen molar-refractivity contribution in [3.63, 3.8) is 0 Å². The van der Waals surface area contributed by atoms with Crippen LogP contribution in [0.5, 0.6) is 5.75 Å². The molecule has 0 radical (unpaired) electrons. The number of nitrogens with zero attached hydrogens (tertiary/aromatic N) is 4. The fraction of sp³-hybridized carbons (Fsp3) is 0.355. The van der Waals surface area contributed by atoms with Crippen LogP contribution in [0.3, 0.4) is 0 Å². The monoisotopic (exact) mass is 598 g/mol. The molecule has 1 aliphatic rings. The molecule has 9 nitrogen and oxygen atoms in total. The van der Waals surface area contributed by atoms with Crippen LogP contribution in [-0.4, -0.2) is 60.9 Å². The summed E-state index contributed by atoms with van der Waals surface area (Å²) < 4.78 is 39.6. The Morgan fingerprint density at radius 2 is 1.79 bits per heavy atom. The molecule has 3 aromatic carbocycles. The number of alkyl halides is 3. The summed E-state index contributed by atoms with van der Waals surface area (Å²) in [7, 11) is 1.86. The molecule has 0 bridgehead atoms. The minimum atomic E-state index is -5.08. The van der Waals surface area contributed by atoms with Crippen molar-refractivity contribution in [2.24, 2.45) is 7.05 Å². The molecule has 1 aliphatic heterocycles. The summed E-state index contributed by atoms with van der Waals surface area (Å²) in [4.78, 5) is 23.2. The zero-order valence-electron chi connectivity index (χ0n) is 24.2. The molecule has 12 heteroatoms. The van der Waals surface area contributed by atoms with E-state index in [0.717, 1.165) is 53.1 Å². The van der Waals surface area contributed by atoms with Crippen molar-refractivity contribution in [2.75, 3.05) is 6.54 Å². The molecule has 1 aromatic heterocycles. The van der Waals surface area contributed by atoms with E-state index in [1.54, 1.807) is 4.68 Å². The second-order valence-electron chi connectivity index (χ2n) is 10.7. The van der Waals surface area contributed by atoms with E-state index in [-0.39, 0.29) is 18.4 Å². The average molecular weight is 599 g/mol. The zero-order chi connectivity index (χ0) is 31.5. The molecule has 2 atom stereocenters. The molecule has 2 N–H and O–H groups in total. The summed E-state index contributed by atoms with van der Waals surface area (Å²) >= 11 is 0. The number of ether oxygens (including phenoxy) is 1. The number of hydrogen-bond acceptors (Lipinski definition) is 6. The highest BCUT2D eigenvalue weighted by atomic mass is 19.4. The first kappa shape index (κ1) is 31.5. The summed E-state index contributed by atoms with van der Waals surface area (Å²) in [5, 5.41) is 25.4. The van der Waals surface area contributed by atoms with Crippen molar-refractivity contribution in [2.45, 2.75) is 58.5 Å². The van der Waals surface area contributed by atoms with Crippen molar-refractivity contribution in [1.29, 1.82) is 0 Å². The highest BCUT2D eigenvalue weighted by Gasteiger charge is 2.38. The van der Waals surface area contributed by atoms with Gasteiger partial charge in [0.15, 0.2) is 0 Å². The Morgan fingerprint density at radius 3 is 2.47 bits per heavy atom. The molecule has 43 heavy (non-hydrogen) atoms. The third-order valence-corrected chi connectivity index (χ3v) is 7.46. The number of benzene rings is 3. The number of aromatic nitrogens is 3. The van der Waals surface area contributed by atoms with Gasteiger partial charge in [0, 0.05) is 38.2 Å². The lowest BCUT2D eigenvalue weighted by Crippen LogP contribution is -2.30. The van der Waals surface area contributed by atoms with Gasteiger partial charge in [-0.3, -0.25) is 9.69 Å². The number of halogens is 3. The van der Waals surface area contributed by atoms with Gasteiger partial charge in [-0.2, -0.15) is 13.2 Å². The highest BCUT2D eigenvalue weighted by molar-refractivity contribution is 5.80. The van der Waals surface area contributed by atoms with Gasteiger partial charge in [-0.1, -0.05) is 47.7 Å². The Kier molecular flexibility index (Phi) is 9.39. The van der Waals surface area contributed by atoms with Crippen molar-refractivity contribution in [3.8, 4) is 5.75 Å². The molecule has 5 rings (SSSR count). The maximum Gasteiger partial charge on any atom is 0.490 e. The van der Waals surface area contributed by atoms with E-state index in [2.05, 4.69) is 59.4 Å². The van der Waals surface area contributed by atoms with Crippen molar-refractivity contribution in [1.82, 2.24) is 19.9 Å². The third-order valence-electron chi connectivity index (χ3n) is 7.46. The molecule has 0 saturated carbocycles. The Hall–Kier alpha value is -4.45. The Bertz CT molecular complexity index is 1640. The fourth-order valence-corrected chi connectivity index (χ4v) is 5.32. The minimum Gasteiger partial charge on any atom is -0.489 e. The molecular weight excluding hydrogens is 565 g/mol. The standard InChI is InChI=1S/C29H32N4O3.C2HF3O2/c1-18-9-10-21(13-23(18)17-33-15-19(2)36-27-8-6-5-7-22(27)16-33)25(14-28(34)35)24-11-12-26-29(20(24)3)30-31-32(26)4;3-2(4,5)1(6)7/h5-13,19,25H,14-17H2,1-4H3,(H,34,35);(H,6,7). The number of fused-ring (bicyclic) bond motifs is 2. The van der Waals surface area contributed by atoms with Gasteiger partial charge in [-0.05, 0) is 60.7 Å². The lowest BCUT2D eigenvalue weighted by atomic mass is 9.84. The van der Waals surface area contributed by atoms with Crippen LogP contribution in [0.25, 0.3) is 11.0 Å².